The van der Waals surface area contributed by atoms with Crippen LogP contribution in [0.2, 0.25) is 0 Å². The van der Waals surface area contributed by atoms with Gasteiger partial charge in [0.05, 0.1) is 0 Å². The predicted molar refractivity (Wildman–Crippen MR) is 55.4 cm³/mol. The fourth-order valence-corrected chi connectivity index (χ4v) is 1.64. The van der Waals surface area contributed by atoms with Crippen molar-refractivity contribution in [1.29, 1.82) is 0 Å². The lowest BCUT2D eigenvalue weighted by molar-refractivity contribution is 0.272. The molecule has 0 heterocycles. The first-order valence-electron chi connectivity index (χ1n) is 4.31. The maximum atomic E-state index is 2.33. The summed E-state index contributed by atoms with van der Waals surface area (Å²) >= 11 is 1.96. The van der Waals surface area contributed by atoms with Crippen molar-refractivity contribution in [2.75, 3.05) is 20.4 Å². The number of rotatable bonds is 5. The van der Waals surface area contributed by atoms with E-state index in [1.165, 1.54) is 12.8 Å². The van der Waals surface area contributed by atoms with E-state index in [2.05, 4.69) is 39.1 Å². The van der Waals surface area contributed by atoms with Gasteiger partial charge in [-0.2, -0.15) is 11.8 Å². The number of nitrogens with zero attached hydrogens (tertiary/aromatic N) is 1. The van der Waals surface area contributed by atoms with Gasteiger partial charge in [0.2, 0.25) is 0 Å². The molecule has 0 aliphatic rings. The summed E-state index contributed by atoms with van der Waals surface area (Å²) in [4.78, 5) is 2.33. The molecule has 0 aromatic carbocycles. The zero-order valence-electron chi connectivity index (χ0n) is 8.42. The van der Waals surface area contributed by atoms with E-state index in [1.54, 1.807) is 0 Å². The smallest absolute Gasteiger partial charge is 0.00969 e. The van der Waals surface area contributed by atoms with Gasteiger partial charge >= 0.3 is 0 Å². The quantitative estimate of drug-likeness (QED) is 0.631. The van der Waals surface area contributed by atoms with Crippen molar-refractivity contribution in [3.63, 3.8) is 0 Å². The van der Waals surface area contributed by atoms with E-state index in [1.807, 2.05) is 11.8 Å². The molecule has 2 unspecified atom stereocenters. The average molecular weight is 175 g/mol. The molecule has 0 saturated heterocycles. The molecule has 0 rings (SSSR count). The zero-order valence-corrected chi connectivity index (χ0v) is 9.24. The Bertz CT molecular complexity index is 93.6. The van der Waals surface area contributed by atoms with Crippen molar-refractivity contribution in [3.05, 3.63) is 0 Å². The lowest BCUT2D eigenvalue weighted by atomic mass is 10.1. The molecule has 0 aromatic heterocycles. The van der Waals surface area contributed by atoms with Crippen LogP contribution in [0.4, 0.5) is 0 Å². The molecule has 0 aliphatic carbocycles. The second-order valence-electron chi connectivity index (χ2n) is 3.31. The van der Waals surface area contributed by atoms with Crippen LogP contribution in [0.25, 0.3) is 0 Å². The van der Waals surface area contributed by atoms with Crippen molar-refractivity contribution in [1.82, 2.24) is 4.90 Å². The maximum absolute atomic E-state index is 2.33. The van der Waals surface area contributed by atoms with Gasteiger partial charge in [-0.1, -0.05) is 13.8 Å². The van der Waals surface area contributed by atoms with Crippen LogP contribution in [-0.4, -0.2) is 36.5 Å². The molecule has 2 heteroatoms. The molecule has 11 heavy (non-hydrogen) atoms. The summed E-state index contributed by atoms with van der Waals surface area (Å²) in [6.07, 6.45) is 4.76. The van der Waals surface area contributed by atoms with E-state index < -0.39 is 0 Å². The Morgan fingerprint density at radius 2 is 1.91 bits per heavy atom. The highest BCUT2D eigenvalue weighted by atomic mass is 32.2. The van der Waals surface area contributed by atoms with Gasteiger partial charge in [-0.25, -0.2) is 0 Å². The molecular formula is C9H21NS. The van der Waals surface area contributed by atoms with E-state index in [0.29, 0.717) is 0 Å². The largest absolute Gasteiger partial charge is 0.306 e. The normalized spacial score (nSPS) is 16.9. The summed E-state index contributed by atoms with van der Waals surface area (Å²) in [5.41, 5.74) is 0. The molecule has 68 valence electrons. The van der Waals surface area contributed by atoms with Gasteiger partial charge in [-0.3, -0.25) is 0 Å². The van der Waals surface area contributed by atoms with Gasteiger partial charge in [-0.15, -0.1) is 0 Å². The van der Waals surface area contributed by atoms with E-state index in [9.17, 15) is 0 Å². The molecule has 0 aromatic rings. The van der Waals surface area contributed by atoms with E-state index in [-0.39, 0.29) is 0 Å². The third-order valence-electron chi connectivity index (χ3n) is 2.21. The minimum absolute atomic E-state index is 0.762. The van der Waals surface area contributed by atoms with Gasteiger partial charge < -0.3 is 4.90 Å². The highest BCUT2D eigenvalue weighted by molar-refractivity contribution is 7.99. The van der Waals surface area contributed by atoms with Crippen LogP contribution in [0.1, 0.15) is 26.7 Å². The highest BCUT2D eigenvalue weighted by Gasteiger charge is 2.11. The minimum Gasteiger partial charge on any atom is -0.306 e. The number of hydrogen-bond donors (Lipinski definition) is 0. The van der Waals surface area contributed by atoms with Crippen LogP contribution < -0.4 is 0 Å². The molecule has 0 saturated carbocycles. The molecule has 0 N–H and O–H groups in total. The lowest BCUT2D eigenvalue weighted by Crippen LogP contribution is -2.29. The molecule has 0 aliphatic heterocycles. The first kappa shape index (κ1) is 11.3. The summed E-state index contributed by atoms with van der Waals surface area (Å²) in [5, 5.41) is 0.794. The van der Waals surface area contributed by atoms with Crippen LogP contribution in [-0.2, 0) is 0 Å². The standard InChI is InChI=1S/C9H21NS/c1-6-9(10(3)4)7-8(2)11-5/h8-9H,6-7H2,1-5H3. The van der Waals surface area contributed by atoms with Crippen molar-refractivity contribution in [2.45, 2.75) is 38.0 Å². The van der Waals surface area contributed by atoms with E-state index >= 15 is 0 Å². The molecule has 0 bridgehead atoms. The molecule has 0 spiro atoms. The maximum Gasteiger partial charge on any atom is 0.00969 e. The third kappa shape index (κ3) is 4.70. The van der Waals surface area contributed by atoms with Gasteiger partial charge in [0.1, 0.15) is 0 Å². The summed E-state index contributed by atoms with van der Waals surface area (Å²) in [5.74, 6) is 0. The third-order valence-corrected chi connectivity index (χ3v) is 3.21. The van der Waals surface area contributed by atoms with Crippen molar-refractivity contribution < 1.29 is 0 Å². The predicted octanol–water partition coefficient (Wildman–Crippen LogP) is 2.47. The average Bonchev–Trinajstić information content (AvgIpc) is 1.99. The highest BCUT2D eigenvalue weighted by Crippen LogP contribution is 2.16. The number of thioether (sulfide) groups is 1. The first-order chi connectivity index (χ1) is 5.11. The summed E-state index contributed by atoms with van der Waals surface area (Å²) < 4.78 is 0. The Morgan fingerprint density at radius 3 is 2.18 bits per heavy atom. The Morgan fingerprint density at radius 1 is 1.36 bits per heavy atom. The Hall–Kier alpha value is 0.310. The van der Waals surface area contributed by atoms with Crippen molar-refractivity contribution in [3.8, 4) is 0 Å². The Labute approximate surface area is 75.5 Å². The van der Waals surface area contributed by atoms with Gasteiger partial charge in [0.15, 0.2) is 0 Å². The van der Waals surface area contributed by atoms with Crippen LogP contribution in [0.3, 0.4) is 0 Å². The molecule has 0 fully saturated rings. The SMILES string of the molecule is CCC(CC(C)SC)N(C)C. The minimum atomic E-state index is 0.762. The number of hydrogen-bond acceptors (Lipinski definition) is 2. The van der Waals surface area contributed by atoms with E-state index in [0.717, 1.165) is 11.3 Å². The fourth-order valence-electron chi connectivity index (χ4n) is 1.22. The Balaban J connectivity index is 3.68. The second kappa shape index (κ2) is 5.90. The van der Waals surface area contributed by atoms with Gasteiger partial charge in [0, 0.05) is 11.3 Å². The molecule has 2 atom stereocenters. The zero-order chi connectivity index (χ0) is 8.85. The van der Waals surface area contributed by atoms with Crippen LogP contribution in [0.15, 0.2) is 0 Å². The van der Waals surface area contributed by atoms with Crippen molar-refractivity contribution in [2.24, 2.45) is 0 Å². The first-order valence-corrected chi connectivity index (χ1v) is 5.59. The molecule has 0 amide bonds. The monoisotopic (exact) mass is 175 g/mol. The second-order valence-corrected chi connectivity index (χ2v) is 4.58. The lowest BCUT2D eigenvalue weighted by Gasteiger charge is -2.25. The van der Waals surface area contributed by atoms with Crippen molar-refractivity contribution >= 4 is 11.8 Å². The summed E-state index contributed by atoms with van der Waals surface area (Å²) in [7, 11) is 4.34. The molecular weight excluding hydrogens is 154 g/mol. The Kier molecular flexibility index (Phi) is 6.06. The van der Waals surface area contributed by atoms with Crippen LogP contribution in [0, 0.1) is 0 Å². The molecule has 0 radical (unpaired) electrons. The van der Waals surface area contributed by atoms with Crippen LogP contribution >= 0.6 is 11.8 Å². The summed E-state index contributed by atoms with van der Waals surface area (Å²) in [6.45, 7) is 4.56. The summed E-state index contributed by atoms with van der Waals surface area (Å²) in [6, 6.07) is 0.762. The van der Waals surface area contributed by atoms with Gasteiger partial charge in [-0.05, 0) is 33.2 Å². The van der Waals surface area contributed by atoms with Crippen LogP contribution in [0.5, 0.6) is 0 Å². The molecule has 1 nitrogen and oxygen atoms in total. The van der Waals surface area contributed by atoms with Gasteiger partial charge in [0.25, 0.3) is 0 Å². The topological polar surface area (TPSA) is 3.24 Å². The van der Waals surface area contributed by atoms with E-state index in [4.69, 9.17) is 0 Å². The fraction of sp³-hybridized carbons (Fsp3) is 1.00.